The van der Waals surface area contributed by atoms with Crippen LogP contribution in [0.4, 0.5) is 11.5 Å². The highest BCUT2D eigenvalue weighted by Crippen LogP contribution is 2.20. The lowest BCUT2D eigenvalue weighted by molar-refractivity contribution is 0.102. The average Bonchev–Trinajstić information content (AvgIpc) is 2.47. The Labute approximate surface area is 120 Å². The van der Waals surface area contributed by atoms with Crippen molar-refractivity contribution in [1.82, 2.24) is 4.98 Å². The Morgan fingerprint density at radius 2 is 2.15 bits per heavy atom. The van der Waals surface area contributed by atoms with Crippen LogP contribution in [0.2, 0.25) is 5.02 Å². The minimum Gasteiger partial charge on any atom is -0.321 e. The number of anilines is 2. The monoisotopic (exact) mass is 287 g/mol. The molecule has 0 fully saturated rings. The van der Waals surface area contributed by atoms with E-state index in [0.29, 0.717) is 11.3 Å². The second kappa shape index (κ2) is 6.02. The zero-order valence-electron chi connectivity index (χ0n) is 10.2. The fourth-order valence-corrected chi connectivity index (χ4v) is 1.77. The Bertz CT molecular complexity index is 695. The Morgan fingerprint density at radius 3 is 2.80 bits per heavy atom. The third-order valence-corrected chi connectivity index (χ3v) is 2.82. The summed E-state index contributed by atoms with van der Waals surface area (Å²) in [5.41, 5.74) is 3.38. The van der Waals surface area contributed by atoms with Gasteiger partial charge in [-0.25, -0.2) is 10.8 Å². The van der Waals surface area contributed by atoms with Gasteiger partial charge in [-0.2, -0.15) is 5.26 Å². The Morgan fingerprint density at radius 1 is 1.40 bits per heavy atom. The molecule has 0 unspecified atom stereocenters. The molecule has 6 nitrogen and oxygen atoms in total. The van der Waals surface area contributed by atoms with Gasteiger partial charge in [-0.05, 0) is 18.2 Å². The minimum absolute atomic E-state index is 0.230. The number of amides is 1. The topological polar surface area (TPSA) is 104 Å². The van der Waals surface area contributed by atoms with E-state index in [1.54, 1.807) is 24.3 Å². The summed E-state index contributed by atoms with van der Waals surface area (Å²) in [6.45, 7) is 0. The number of halogens is 1. The van der Waals surface area contributed by atoms with Gasteiger partial charge in [0.2, 0.25) is 0 Å². The summed E-state index contributed by atoms with van der Waals surface area (Å²) in [4.78, 5) is 16.0. The number of pyridine rings is 1. The molecule has 2 aromatic rings. The number of aromatic nitrogens is 1. The highest BCUT2D eigenvalue weighted by atomic mass is 35.5. The quantitative estimate of drug-likeness (QED) is 0.593. The Hall–Kier alpha value is -2.62. The molecule has 20 heavy (non-hydrogen) atoms. The molecular formula is C13H10ClN5O. The van der Waals surface area contributed by atoms with Crippen molar-refractivity contribution in [2.75, 3.05) is 10.7 Å². The van der Waals surface area contributed by atoms with E-state index in [1.165, 1.54) is 12.3 Å². The number of nitrogen functional groups attached to an aromatic ring is 1. The van der Waals surface area contributed by atoms with Crippen LogP contribution in [-0.4, -0.2) is 10.9 Å². The van der Waals surface area contributed by atoms with Crippen LogP contribution < -0.4 is 16.6 Å². The fourth-order valence-electron chi connectivity index (χ4n) is 1.55. The van der Waals surface area contributed by atoms with Gasteiger partial charge in [0.15, 0.2) is 5.82 Å². The van der Waals surface area contributed by atoms with Crippen molar-refractivity contribution in [1.29, 1.82) is 5.26 Å². The molecule has 1 amide bonds. The molecule has 0 aliphatic rings. The normalized spacial score (nSPS) is 9.65. The van der Waals surface area contributed by atoms with E-state index in [0.717, 1.165) is 0 Å². The summed E-state index contributed by atoms with van der Waals surface area (Å²) in [5, 5.41) is 11.8. The molecule has 0 saturated heterocycles. The zero-order chi connectivity index (χ0) is 14.5. The molecule has 0 saturated carbocycles. The lowest BCUT2D eigenvalue weighted by atomic mass is 10.2. The van der Waals surface area contributed by atoms with Crippen molar-refractivity contribution in [3.8, 4) is 6.07 Å². The van der Waals surface area contributed by atoms with E-state index >= 15 is 0 Å². The maximum Gasteiger partial charge on any atom is 0.257 e. The Kier molecular flexibility index (Phi) is 4.15. The van der Waals surface area contributed by atoms with Crippen LogP contribution in [0.1, 0.15) is 15.9 Å². The predicted octanol–water partition coefficient (Wildman–Crippen LogP) is 2.14. The van der Waals surface area contributed by atoms with Crippen LogP contribution in [0.3, 0.4) is 0 Å². The van der Waals surface area contributed by atoms with E-state index < -0.39 is 5.91 Å². The van der Waals surface area contributed by atoms with Crippen LogP contribution in [0.15, 0.2) is 36.5 Å². The molecule has 0 aliphatic carbocycles. The third kappa shape index (κ3) is 2.85. The summed E-state index contributed by atoms with van der Waals surface area (Å²) < 4.78 is 0. The molecule has 0 bridgehead atoms. The highest BCUT2D eigenvalue weighted by Gasteiger charge is 2.11. The molecular weight excluding hydrogens is 278 g/mol. The predicted molar refractivity (Wildman–Crippen MR) is 76.2 cm³/mol. The number of carbonyl (C=O) groups excluding carboxylic acids is 1. The highest BCUT2D eigenvalue weighted by molar-refractivity contribution is 6.33. The van der Waals surface area contributed by atoms with Gasteiger partial charge in [-0.15, -0.1) is 0 Å². The van der Waals surface area contributed by atoms with Crippen LogP contribution in [0, 0.1) is 11.3 Å². The molecule has 1 heterocycles. The average molecular weight is 288 g/mol. The summed E-state index contributed by atoms with van der Waals surface area (Å²) in [5.74, 6) is 5.07. The van der Waals surface area contributed by atoms with Gasteiger partial charge in [0.05, 0.1) is 21.8 Å². The number of hydrogen-bond donors (Lipinski definition) is 3. The van der Waals surface area contributed by atoms with Gasteiger partial charge in [0.1, 0.15) is 6.07 Å². The summed E-state index contributed by atoms with van der Waals surface area (Å²) in [6, 6.07) is 10.1. The van der Waals surface area contributed by atoms with Gasteiger partial charge in [0.25, 0.3) is 5.91 Å². The second-order valence-electron chi connectivity index (χ2n) is 3.81. The van der Waals surface area contributed by atoms with Crippen molar-refractivity contribution in [2.24, 2.45) is 5.84 Å². The first-order chi connectivity index (χ1) is 9.65. The number of nitriles is 1. The standard InChI is InChI=1S/C13H10ClN5O/c14-10-5-9(7-17-12(10)19-16)13(20)18-11-4-2-1-3-8(11)6-15/h1-5,7H,16H2,(H,17,19)(H,18,20). The number of hydrogen-bond acceptors (Lipinski definition) is 5. The lowest BCUT2D eigenvalue weighted by Crippen LogP contribution is -2.14. The number of rotatable bonds is 3. The molecule has 0 aliphatic heterocycles. The smallest absolute Gasteiger partial charge is 0.257 e. The van der Waals surface area contributed by atoms with Crippen molar-refractivity contribution in [2.45, 2.75) is 0 Å². The van der Waals surface area contributed by atoms with E-state index in [-0.39, 0.29) is 16.4 Å². The van der Waals surface area contributed by atoms with Crippen LogP contribution >= 0.6 is 11.6 Å². The van der Waals surface area contributed by atoms with Gasteiger partial charge in [-0.1, -0.05) is 23.7 Å². The lowest BCUT2D eigenvalue weighted by Gasteiger charge is -2.08. The number of para-hydroxylation sites is 1. The number of nitrogens with one attached hydrogen (secondary N) is 2. The van der Waals surface area contributed by atoms with Crippen molar-refractivity contribution >= 4 is 29.0 Å². The number of benzene rings is 1. The van der Waals surface area contributed by atoms with E-state index in [2.05, 4.69) is 15.7 Å². The molecule has 0 radical (unpaired) electrons. The Balaban J connectivity index is 2.25. The van der Waals surface area contributed by atoms with E-state index in [1.807, 2.05) is 6.07 Å². The van der Waals surface area contributed by atoms with Gasteiger partial charge in [-0.3, -0.25) is 4.79 Å². The van der Waals surface area contributed by atoms with Gasteiger partial charge >= 0.3 is 0 Å². The third-order valence-electron chi connectivity index (χ3n) is 2.54. The first kappa shape index (κ1) is 13.8. The molecule has 0 atom stereocenters. The zero-order valence-corrected chi connectivity index (χ0v) is 11.0. The second-order valence-corrected chi connectivity index (χ2v) is 4.22. The van der Waals surface area contributed by atoms with Gasteiger partial charge in [0, 0.05) is 6.20 Å². The number of hydrazine groups is 1. The summed E-state index contributed by atoms with van der Waals surface area (Å²) in [6.07, 6.45) is 1.34. The van der Waals surface area contributed by atoms with Crippen molar-refractivity contribution in [3.05, 3.63) is 52.7 Å². The molecule has 1 aromatic heterocycles. The van der Waals surface area contributed by atoms with Crippen LogP contribution in [0.25, 0.3) is 0 Å². The first-order valence-electron chi connectivity index (χ1n) is 5.58. The van der Waals surface area contributed by atoms with Crippen molar-refractivity contribution < 1.29 is 4.79 Å². The minimum atomic E-state index is -0.411. The largest absolute Gasteiger partial charge is 0.321 e. The molecule has 1 aromatic carbocycles. The van der Waals surface area contributed by atoms with Crippen LogP contribution in [-0.2, 0) is 0 Å². The van der Waals surface area contributed by atoms with Crippen LogP contribution in [0.5, 0.6) is 0 Å². The SMILES string of the molecule is N#Cc1ccccc1NC(=O)c1cnc(NN)c(Cl)c1. The molecule has 2 rings (SSSR count). The van der Waals surface area contributed by atoms with E-state index in [9.17, 15) is 4.79 Å². The maximum atomic E-state index is 12.1. The first-order valence-corrected chi connectivity index (χ1v) is 5.96. The van der Waals surface area contributed by atoms with Gasteiger partial charge < -0.3 is 10.7 Å². The number of nitrogens with two attached hydrogens (primary N) is 1. The number of carbonyl (C=O) groups is 1. The number of nitrogens with zero attached hydrogens (tertiary/aromatic N) is 2. The van der Waals surface area contributed by atoms with Crippen molar-refractivity contribution in [3.63, 3.8) is 0 Å². The molecule has 7 heteroatoms. The summed E-state index contributed by atoms with van der Waals surface area (Å²) >= 11 is 5.90. The van der Waals surface area contributed by atoms with E-state index in [4.69, 9.17) is 22.7 Å². The molecule has 0 spiro atoms. The fraction of sp³-hybridized carbons (Fsp3) is 0. The maximum absolute atomic E-state index is 12.1. The molecule has 100 valence electrons. The summed E-state index contributed by atoms with van der Waals surface area (Å²) in [7, 11) is 0. The molecule has 4 N–H and O–H groups in total.